The zero-order valence-electron chi connectivity index (χ0n) is 18.3. The van der Waals surface area contributed by atoms with Crippen molar-refractivity contribution in [3.8, 4) is 5.75 Å². The highest BCUT2D eigenvalue weighted by atomic mass is 16.6. The Bertz CT molecular complexity index is 1090. The summed E-state index contributed by atoms with van der Waals surface area (Å²) in [6.07, 6.45) is 10.4. The maximum Gasteiger partial charge on any atom is 0.341 e. The number of carboxylic acid groups (broad SMARTS) is 1. The number of aliphatic carboxylic acids is 1. The summed E-state index contributed by atoms with van der Waals surface area (Å²) in [5, 5.41) is 13.3. The number of hydrogen-bond donors (Lipinski definition) is 1. The highest BCUT2D eigenvalue weighted by Crippen LogP contribution is 2.32. The average molecular weight is 443 g/mol. The standard InChI is InChI=1S/C27H26N2O4/c30-26(31)19-32-25-10-4-9-23-18-20(11-12-24(23)25)6-5-17-33-29-27(21-7-2-1-3-8-21)22-13-15-28-16-14-22/h1-10,13-16,20H,11-12,17-19H2,(H,30,31). The third kappa shape index (κ3) is 6.07. The maximum atomic E-state index is 10.8. The van der Waals surface area contributed by atoms with E-state index in [1.165, 1.54) is 5.56 Å². The number of allylic oxidation sites excluding steroid dienone is 1. The number of carbonyl (C=O) groups is 1. The molecule has 0 amide bonds. The van der Waals surface area contributed by atoms with E-state index in [9.17, 15) is 4.79 Å². The Kier molecular flexibility index (Phi) is 7.48. The highest BCUT2D eigenvalue weighted by Gasteiger charge is 2.20. The molecule has 0 saturated carbocycles. The van der Waals surface area contributed by atoms with E-state index >= 15 is 0 Å². The van der Waals surface area contributed by atoms with Crippen molar-refractivity contribution in [2.24, 2.45) is 11.1 Å². The lowest BCUT2D eigenvalue weighted by atomic mass is 9.83. The molecule has 0 aliphatic heterocycles. The third-order valence-electron chi connectivity index (χ3n) is 5.56. The summed E-state index contributed by atoms with van der Waals surface area (Å²) in [6.45, 7) is 0.0641. The van der Waals surface area contributed by atoms with Crippen LogP contribution in [0.4, 0.5) is 0 Å². The number of benzene rings is 2. The largest absolute Gasteiger partial charge is 0.482 e. The number of oxime groups is 1. The van der Waals surface area contributed by atoms with Gasteiger partial charge in [0.1, 0.15) is 18.1 Å². The number of hydrogen-bond acceptors (Lipinski definition) is 5. The first-order valence-electron chi connectivity index (χ1n) is 11.0. The van der Waals surface area contributed by atoms with Gasteiger partial charge in [-0.2, -0.15) is 0 Å². The molecule has 1 unspecified atom stereocenters. The van der Waals surface area contributed by atoms with Crippen LogP contribution in [0.3, 0.4) is 0 Å². The summed E-state index contributed by atoms with van der Waals surface area (Å²) in [7, 11) is 0. The van der Waals surface area contributed by atoms with Gasteiger partial charge in [0.05, 0.1) is 0 Å². The van der Waals surface area contributed by atoms with Crippen LogP contribution in [0, 0.1) is 5.92 Å². The molecule has 4 rings (SSSR count). The molecule has 1 aliphatic rings. The van der Waals surface area contributed by atoms with Crippen LogP contribution >= 0.6 is 0 Å². The van der Waals surface area contributed by atoms with Crippen molar-refractivity contribution in [1.29, 1.82) is 0 Å². The van der Waals surface area contributed by atoms with Gasteiger partial charge in [0.2, 0.25) is 0 Å². The highest BCUT2D eigenvalue weighted by molar-refractivity contribution is 6.12. The van der Waals surface area contributed by atoms with Crippen molar-refractivity contribution in [3.05, 3.63) is 107 Å². The van der Waals surface area contributed by atoms with Crippen LogP contribution in [0.5, 0.6) is 5.75 Å². The monoisotopic (exact) mass is 442 g/mol. The molecule has 2 aromatic carbocycles. The molecule has 0 fully saturated rings. The second-order valence-corrected chi connectivity index (χ2v) is 7.84. The van der Waals surface area contributed by atoms with Crippen LogP contribution in [-0.4, -0.2) is 35.0 Å². The second-order valence-electron chi connectivity index (χ2n) is 7.84. The lowest BCUT2D eigenvalue weighted by Crippen LogP contribution is -2.16. The van der Waals surface area contributed by atoms with Crippen molar-refractivity contribution in [2.75, 3.05) is 13.2 Å². The van der Waals surface area contributed by atoms with Gasteiger partial charge in [-0.15, -0.1) is 0 Å². The zero-order chi connectivity index (χ0) is 22.9. The normalized spacial score (nSPS) is 15.8. The van der Waals surface area contributed by atoms with Crippen LogP contribution in [-0.2, 0) is 22.5 Å². The summed E-state index contributed by atoms with van der Waals surface area (Å²) < 4.78 is 5.45. The minimum Gasteiger partial charge on any atom is -0.482 e. The van der Waals surface area contributed by atoms with E-state index in [0.717, 1.165) is 41.7 Å². The minimum atomic E-state index is -0.966. The third-order valence-corrected chi connectivity index (χ3v) is 5.56. The number of nitrogens with zero attached hydrogens (tertiary/aromatic N) is 2. The van der Waals surface area contributed by atoms with Crippen LogP contribution < -0.4 is 4.74 Å². The van der Waals surface area contributed by atoms with Crippen molar-refractivity contribution in [3.63, 3.8) is 0 Å². The molecule has 0 spiro atoms. The summed E-state index contributed by atoms with van der Waals surface area (Å²) in [5.41, 5.74) is 5.03. The molecule has 0 radical (unpaired) electrons. The predicted molar refractivity (Wildman–Crippen MR) is 126 cm³/mol. The lowest BCUT2D eigenvalue weighted by molar-refractivity contribution is -0.139. The molecule has 1 atom stereocenters. The quantitative estimate of drug-likeness (QED) is 0.225. The fraction of sp³-hybridized carbons (Fsp3) is 0.222. The van der Waals surface area contributed by atoms with Crippen LogP contribution in [0.2, 0.25) is 0 Å². The van der Waals surface area contributed by atoms with Crippen LogP contribution in [0.15, 0.2) is 90.4 Å². The average Bonchev–Trinajstić information content (AvgIpc) is 2.85. The number of rotatable bonds is 9. The first kappa shape index (κ1) is 22.3. The van der Waals surface area contributed by atoms with E-state index in [0.29, 0.717) is 18.3 Å². The first-order valence-corrected chi connectivity index (χ1v) is 11.0. The molecular weight excluding hydrogens is 416 g/mol. The Hall–Kier alpha value is -3.93. The molecule has 1 heterocycles. The van der Waals surface area contributed by atoms with E-state index in [2.05, 4.69) is 22.3 Å². The number of aromatic nitrogens is 1. The number of carboxylic acids is 1. The van der Waals surface area contributed by atoms with Gasteiger partial charge < -0.3 is 14.7 Å². The Morgan fingerprint density at radius 3 is 2.64 bits per heavy atom. The van der Waals surface area contributed by atoms with Crippen molar-refractivity contribution < 1.29 is 19.5 Å². The molecule has 0 bridgehead atoms. The van der Waals surface area contributed by atoms with Gasteiger partial charge in [0, 0.05) is 23.5 Å². The zero-order valence-corrected chi connectivity index (χ0v) is 18.3. The molecular formula is C27H26N2O4. The van der Waals surface area contributed by atoms with E-state index in [-0.39, 0.29) is 6.61 Å². The van der Waals surface area contributed by atoms with E-state index in [4.69, 9.17) is 14.7 Å². The van der Waals surface area contributed by atoms with Crippen LogP contribution in [0.25, 0.3) is 0 Å². The van der Waals surface area contributed by atoms with Gasteiger partial charge in [-0.1, -0.05) is 53.7 Å². The Morgan fingerprint density at radius 2 is 1.85 bits per heavy atom. The predicted octanol–water partition coefficient (Wildman–Crippen LogP) is 4.68. The molecule has 0 saturated heterocycles. The molecule has 3 aromatic rings. The SMILES string of the molecule is O=C(O)COc1cccc2c1CCC(C=CCON=C(c1ccccc1)c1ccncc1)C2. The Labute approximate surface area is 193 Å². The van der Waals surface area contributed by atoms with Gasteiger partial charge in [-0.25, -0.2) is 4.79 Å². The van der Waals surface area contributed by atoms with Gasteiger partial charge in [0.15, 0.2) is 6.61 Å². The summed E-state index contributed by atoms with van der Waals surface area (Å²) in [5.74, 6) is 0.111. The number of ether oxygens (including phenoxy) is 1. The molecule has 168 valence electrons. The Morgan fingerprint density at radius 1 is 1.06 bits per heavy atom. The summed E-state index contributed by atoms with van der Waals surface area (Å²) >= 11 is 0. The number of pyridine rings is 1. The van der Waals surface area contributed by atoms with E-state index in [1.807, 2.05) is 60.7 Å². The van der Waals surface area contributed by atoms with E-state index in [1.54, 1.807) is 12.4 Å². The van der Waals surface area contributed by atoms with Gasteiger partial charge in [-0.3, -0.25) is 4.98 Å². The van der Waals surface area contributed by atoms with Crippen molar-refractivity contribution in [1.82, 2.24) is 4.98 Å². The smallest absolute Gasteiger partial charge is 0.341 e. The van der Waals surface area contributed by atoms with Crippen molar-refractivity contribution >= 4 is 11.7 Å². The molecule has 6 nitrogen and oxygen atoms in total. The fourth-order valence-electron chi connectivity index (χ4n) is 4.01. The van der Waals surface area contributed by atoms with Gasteiger partial charge in [-0.05, 0) is 60.6 Å². The van der Waals surface area contributed by atoms with E-state index < -0.39 is 5.97 Å². The maximum absolute atomic E-state index is 10.8. The minimum absolute atomic E-state index is 0.317. The molecule has 1 N–H and O–H groups in total. The summed E-state index contributed by atoms with van der Waals surface area (Å²) in [6, 6.07) is 19.6. The fourth-order valence-corrected chi connectivity index (χ4v) is 4.01. The van der Waals surface area contributed by atoms with Crippen molar-refractivity contribution in [2.45, 2.75) is 19.3 Å². The Balaban J connectivity index is 1.36. The first-order chi connectivity index (χ1) is 16.2. The molecule has 6 heteroatoms. The molecule has 1 aromatic heterocycles. The molecule has 1 aliphatic carbocycles. The topological polar surface area (TPSA) is 81.0 Å². The van der Waals surface area contributed by atoms with Gasteiger partial charge >= 0.3 is 5.97 Å². The van der Waals surface area contributed by atoms with Crippen LogP contribution in [0.1, 0.15) is 28.7 Å². The summed E-state index contributed by atoms with van der Waals surface area (Å²) in [4.78, 5) is 20.5. The second kappa shape index (κ2) is 11.1. The lowest BCUT2D eigenvalue weighted by Gasteiger charge is -2.24. The number of fused-ring (bicyclic) bond motifs is 1. The van der Waals surface area contributed by atoms with Gasteiger partial charge in [0.25, 0.3) is 0 Å². The molecule has 33 heavy (non-hydrogen) atoms.